The molecule has 196 valence electrons. The fourth-order valence-electron chi connectivity index (χ4n) is 4.56. The molecule has 3 aromatic rings. The lowest BCUT2D eigenvalue weighted by molar-refractivity contribution is -0.135. The van der Waals surface area contributed by atoms with Crippen LogP contribution in [0.5, 0.6) is 11.5 Å². The van der Waals surface area contributed by atoms with E-state index >= 15 is 0 Å². The Morgan fingerprint density at radius 1 is 1.16 bits per heavy atom. The van der Waals surface area contributed by atoms with Gasteiger partial charge in [0.05, 0.1) is 13.2 Å². The first-order valence-corrected chi connectivity index (χ1v) is 13.5. The molecule has 1 aliphatic heterocycles. The van der Waals surface area contributed by atoms with Crippen molar-refractivity contribution >= 4 is 23.2 Å². The molecular weight excluding hydrogens is 491 g/mol. The smallest absolute Gasteiger partial charge is 0.254 e. The Kier molecular flexibility index (Phi) is 8.82. The average Bonchev–Trinajstić information content (AvgIpc) is 3.40. The van der Waals surface area contributed by atoms with Crippen LogP contribution < -0.4 is 9.47 Å². The standard InChI is InChI=1S/C29H33FN2O4S/c1-4-20(2)17-31(29(34)21-8-7-9-22(30)16-21)18-28(33)32-14-12-27-23(13-15-37-27)24(32)19-36-26-11-6-5-10-25(26)35-3/h5-11,13,15-16,20,24H,4,12,14,17-19H2,1-3H3/t20-,24-/m0/s1. The van der Waals surface area contributed by atoms with E-state index in [9.17, 15) is 14.0 Å². The Hall–Kier alpha value is -3.39. The number of para-hydroxylation sites is 2. The molecule has 0 unspecified atom stereocenters. The van der Waals surface area contributed by atoms with Crippen LogP contribution in [0, 0.1) is 11.7 Å². The molecule has 0 aliphatic carbocycles. The van der Waals surface area contributed by atoms with Crippen LogP contribution in [-0.4, -0.2) is 55.0 Å². The van der Waals surface area contributed by atoms with Gasteiger partial charge in [-0.3, -0.25) is 9.59 Å². The minimum Gasteiger partial charge on any atom is -0.493 e. The summed E-state index contributed by atoms with van der Waals surface area (Å²) in [5.74, 6) is 0.457. The number of benzene rings is 2. The summed E-state index contributed by atoms with van der Waals surface area (Å²) in [5, 5.41) is 2.04. The van der Waals surface area contributed by atoms with Crippen LogP contribution in [0.3, 0.4) is 0 Å². The van der Waals surface area contributed by atoms with Gasteiger partial charge in [-0.25, -0.2) is 4.39 Å². The summed E-state index contributed by atoms with van der Waals surface area (Å²) in [6, 6.07) is 14.8. The third kappa shape index (κ3) is 6.31. The fourth-order valence-corrected chi connectivity index (χ4v) is 5.49. The van der Waals surface area contributed by atoms with Gasteiger partial charge in [0.15, 0.2) is 11.5 Å². The molecule has 4 rings (SSSR count). The number of hydrogen-bond donors (Lipinski definition) is 0. The Bertz CT molecular complexity index is 1230. The van der Waals surface area contributed by atoms with Crippen LogP contribution in [0.15, 0.2) is 60.0 Å². The minimum atomic E-state index is -0.477. The lowest BCUT2D eigenvalue weighted by Gasteiger charge is -2.37. The predicted octanol–water partition coefficient (Wildman–Crippen LogP) is 5.59. The van der Waals surface area contributed by atoms with E-state index in [1.807, 2.05) is 54.5 Å². The largest absolute Gasteiger partial charge is 0.493 e. The number of halogens is 1. The van der Waals surface area contributed by atoms with Gasteiger partial charge < -0.3 is 19.3 Å². The molecule has 0 bridgehead atoms. The van der Waals surface area contributed by atoms with Gasteiger partial charge in [0, 0.05) is 23.5 Å². The zero-order valence-corrected chi connectivity index (χ0v) is 22.3. The van der Waals surface area contributed by atoms with Crippen molar-refractivity contribution in [3.63, 3.8) is 0 Å². The molecule has 2 amide bonds. The monoisotopic (exact) mass is 524 g/mol. The minimum absolute atomic E-state index is 0.0791. The van der Waals surface area contributed by atoms with E-state index in [1.54, 1.807) is 29.4 Å². The number of methoxy groups -OCH3 is 1. The van der Waals surface area contributed by atoms with Crippen molar-refractivity contribution in [1.29, 1.82) is 0 Å². The van der Waals surface area contributed by atoms with Crippen molar-refractivity contribution in [1.82, 2.24) is 9.80 Å². The van der Waals surface area contributed by atoms with Crippen LogP contribution in [0.1, 0.15) is 47.1 Å². The number of amides is 2. The highest BCUT2D eigenvalue weighted by molar-refractivity contribution is 7.10. The van der Waals surface area contributed by atoms with Crippen LogP contribution in [0.25, 0.3) is 0 Å². The van der Waals surface area contributed by atoms with Gasteiger partial charge in [0.2, 0.25) is 5.91 Å². The number of carbonyl (C=O) groups excluding carboxylic acids is 2. The highest BCUT2D eigenvalue weighted by Gasteiger charge is 2.34. The number of rotatable bonds is 10. The molecule has 1 aromatic heterocycles. The number of thiophene rings is 1. The molecule has 2 aromatic carbocycles. The molecule has 0 spiro atoms. The molecule has 1 aliphatic rings. The maximum Gasteiger partial charge on any atom is 0.254 e. The normalized spacial score (nSPS) is 15.6. The van der Waals surface area contributed by atoms with E-state index in [0.29, 0.717) is 24.6 Å². The SMILES string of the molecule is CC[C@H](C)CN(CC(=O)N1CCc2sccc2[C@@H]1COc1ccccc1OC)C(=O)c1cccc(F)c1. The van der Waals surface area contributed by atoms with Crippen LogP contribution in [-0.2, 0) is 11.2 Å². The van der Waals surface area contributed by atoms with Gasteiger partial charge >= 0.3 is 0 Å². The fraction of sp³-hybridized carbons (Fsp3) is 0.379. The van der Waals surface area contributed by atoms with E-state index < -0.39 is 5.82 Å². The molecule has 6 nitrogen and oxygen atoms in total. The van der Waals surface area contributed by atoms with E-state index in [-0.39, 0.29) is 42.5 Å². The van der Waals surface area contributed by atoms with Gasteiger partial charge in [-0.2, -0.15) is 0 Å². The van der Waals surface area contributed by atoms with Crippen molar-refractivity contribution < 1.29 is 23.5 Å². The third-order valence-corrected chi connectivity index (χ3v) is 7.79. The topological polar surface area (TPSA) is 59.1 Å². The Balaban J connectivity index is 1.56. The first kappa shape index (κ1) is 26.7. The summed E-state index contributed by atoms with van der Waals surface area (Å²) < 4.78 is 25.4. The maximum absolute atomic E-state index is 13.8. The molecule has 0 radical (unpaired) electrons. The first-order valence-electron chi connectivity index (χ1n) is 12.6. The second kappa shape index (κ2) is 12.2. The lowest BCUT2D eigenvalue weighted by Crippen LogP contribution is -2.48. The molecule has 0 saturated carbocycles. The van der Waals surface area contributed by atoms with E-state index in [0.717, 1.165) is 18.4 Å². The number of nitrogens with zero attached hydrogens (tertiary/aromatic N) is 2. The predicted molar refractivity (Wildman–Crippen MR) is 143 cm³/mol. The van der Waals surface area contributed by atoms with E-state index in [1.165, 1.54) is 23.1 Å². The van der Waals surface area contributed by atoms with Crippen molar-refractivity contribution in [3.05, 3.63) is 81.8 Å². The Morgan fingerprint density at radius 3 is 2.68 bits per heavy atom. The second-order valence-electron chi connectivity index (χ2n) is 9.32. The first-order chi connectivity index (χ1) is 17.9. The Morgan fingerprint density at radius 2 is 1.95 bits per heavy atom. The third-order valence-electron chi connectivity index (χ3n) is 6.79. The van der Waals surface area contributed by atoms with Crippen molar-refractivity contribution in [2.45, 2.75) is 32.7 Å². The highest BCUT2D eigenvalue weighted by Crippen LogP contribution is 2.35. The van der Waals surface area contributed by atoms with Gasteiger partial charge in [0.1, 0.15) is 19.0 Å². The lowest BCUT2D eigenvalue weighted by atomic mass is 10.00. The number of carbonyl (C=O) groups is 2. The molecule has 8 heteroatoms. The van der Waals surface area contributed by atoms with Gasteiger partial charge in [0.25, 0.3) is 5.91 Å². The van der Waals surface area contributed by atoms with Crippen LogP contribution in [0.2, 0.25) is 0 Å². The van der Waals surface area contributed by atoms with Crippen molar-refractivity contribution in [3.8, 4) is 11.5 Å². The molecular formula is C29H33FN2O4S. The summed E-state index contributed by atoms with van der Waals surface area (Å²) in [7, 11) is 1.59. The highest BCUT2D eigenvalue weighted by atomic mass is 32.1. The molecule has 2 heterocycles. The molecule has 37 heavy (non-hydrogen) atoms. The number of fused-ring (bicyclic) bond motifs is 1. The van der Waals surface area contributed by atoms with E-state index in [2.05, 4.69) is 0 Å². The molecule has 0 fully saturated rings. The van der Waals surface area contributed by atoms with Crippen molar-refractivity contribution in [2.75, 3.05) is 33.4 Å². The molecule has 2 atom stereocenters. The number of ether oxygens (including phenoxy) is 2. The van der Waals surface area contributed by atoms with E-state index in [4.69, 9.17) is 9.47 Å². The average molecular weight is 525 g/mol. The summed E-state index contributed by atoms with van der Waals surface area (Å²) in [6.07, 6.45) is 1.62. The van der Waals surface area contributed by atoms with Gasteiger partial charge in [-0.15, -0.1) is 11.3 Å². The zero-order chi connectivity index (χ0) is 26.4. The van der Waals surface area contributed by atoms with Crippen LogP contribution >= 0.6 is 11.3 Å². The van der Waals surface area contributed by atoms with Crippen LogP contribution in [0.4, 0.5) is 4.39 Å². The Labute approximate surface area is 221 Å². The maximum atomic E-state index is 13.8. The zero-order valence-electron chi connectivity index (χ0n) is 21.5. The molecule has 0 N–H and O–H groups in total. The molecule has 0 saturated heterocycles. The van der Waals surface area contributed by atoms with Gasteiger partial charge in [-0.1, -0.05) is 38.5 Å². The summed E-state index contributed by atoms with van der Waals surface area (Å²) in [6.45, 7) is 5.22. The summed E-state index contributed by atoms with van der Waals surface area (Å²) >= 11 is 1.68. The summed E-state index contributed by atoms with van der Waals surface area (Å²) in [4.78, 5) is 31.7. The van der Waals surface area contributed by atoms with Gasteiger partial charge in [-0.05, 0) is 59.7 Å². The van der Waals surface area contributed by atoms with Crippen molar-refractivity contribution in [2.24, 2.45) is 5.92 Å². The summed E-state index contributed by atoms with van der Waals surface area (Å²) in [5.41, 5.74) is 1.32. The number of hydrogen-bond acceptors (Lipinski definition) is 5. The quantitative estimate of drug-likeness (QED) is 0.347. The second-order valence-corrected chi connectivity index (χ2v) is 10.3.